The number of rotatable bonds is 4. The van der Waals surface area contributed by atoms with Crippen LogP contribution in [0.15, 0.2) is 24.3 Å². The van der Waals surface area contributed by atoms with Crippen LogP contribution in [-0.2, 0) is 6.54 Å². The van der Waals surface area contributed by atoms with Gasteiger partial charge in [0.2, 0.25) is 0 Å². The summed E-state index contributed by atoms with van der Waals surface area (Å²) in [4.78, 5) is 2.76. The Labute approximate surface area is 129 Å². The van der Waals surface area contributed by atoms with E-state index in [1.165, 1.54) is 44.1 Å². The second-order valence-electron chi connectivity index (χ2n) is 6.56. The van der Waals surface area contributed by atoms with Gasteiger partial charge in [-0.3, -0.25) is 4.90 Å². The van der Waals surface area contributed by atoms with Crippen LogP contribution < -0.4 is 5.73 Å². The molecule has 0 atom stereocenters. The molecule has 112 valence electrons. The number of benzene rings is 1. The number of halogens is 1. The molecule has 2 nitrogen and oxygen atoms in total. The van der Waals surface area contributed by atoms with Crippen molar-refractivity contribution in [1.29, 1.82) is 0 Å². The Morgan fingerprint density at radius 2 is 1.65 bits per heavy atom. The summed E-state index contributed by atoms with van der Waals surface area (Å²) in [5, 5.41) is 0. The molecule has 0 aliphatic heterocycles. The Balaban J connectivity index is 0.00000147. The molecule has 0 aromatic heterocycles. The molecule has 2 fully saturated rings. The molecule has 0 bridgehead atoms. The molecule has 0 heterocycles. The van der Waals surface area contributed by atoms with E-state index in [2.05, 4.69) is 30.0 Å². The highest BCUT2D eigenvalue weighted by Gasteiger charge is 2.35. The molecule has 3 heteroatoms. The van der Waals surface area contributed by atoms with Gasteiger partial charge in [0.15, 0.2) is 0 Å². The first-order valence-electron chi connectivity index (χ1n) is 7.82. The lowest BCUT2D eigenvalue weighted by Crippen LogP contribution is -2.39. The lowest BCUT2D eigenvalue weighted by atomic mass is 9.86. The number of nitrogen functional groups attached to an aromatic ring is 1. The topological polar surface area (TPSA) is 29.3 Å². The molecular weight excluding hydrogens is 268 g/mol. The first kappa shape index (κ1) is 15.7. The standard InChI is InChI=1S/C17H26N2.ClH/c1-13-5-7-16(8-6-13)19(17-9-10-17)12-14-3-2-4-15(18)11-14;/h2-4,11,13,16-17H,5-10,12,18H2,1H3;1H. The molecule has 0 saturated heterocycles. The Morgan fingerprint density at radius 1 is 1.05 bits per heavy atom. The van der Waals surface area contributed by atoms with Crippen LogP contribution >= 0.6 is 12.4 Å². The number of anilines is 1. The second kappa shape index (κ2) is 6.82. The Hall–Kier alpha value is -0.730. The number of hydrogen-bond acceptors (Lipinski definition) is 2. The molecular formula is C17H27ClN2. The van der Waals surface area contributed by atoms with Gasteiger partial charge in [0.05, 0.1) is 0 Å². The highest BCUT2D eigenvalue weighted by molar-refractivity contribution is 5.85. The van der Waals surface area contributed by atoms with Gasteiger partial charge >= 0.3 is 0 Å². The van der Waals surface area contributed by atoms with Crippen molar-refractivity contribution in [3.63, 3.8) is 0 Å². The summed E-state index contributed by atoms with van der Waals surface area (Å²) in [5.74, 6) is 0.935. The molecule has 0 amide bonds. The van der Waals surface area contributed by atoms with Crippen molar-refractivity contribution in [3.05, 3.63) is 29.8 Å². The third-order valence-electron chi connectivity index (χ3n) is 4.79. The number of nitrogens with zero attached hydrogens (tertiary/aromatic N) is 1. The number of hydrogen-bond donors (Lipinski definition) is 1. The quantitative estimate of drug-likeness (QED) is 0.842. The van der Waals surface area contributed by atoms with E-state index in [9.17, 15) is 0 Å². The summed E-state index contributed by atoms with van der Waals surface area (Å²) < 4.78 is 0. The molecule has 2 aliphatic rings. The molecule has 2 N–H and O–H groups in total. The van der Waals surface area contributed by atoms with Gasteiger partial charge in [-0.2, -0.15) is 0 Å². The van der Waals surface area contributed by atoms with E-state index >= 15 is 0 Å². The summed E-state index contributed by atoms with van der Waals surface area (Å²) in [7, 11) is 0. The number of nitrogens with two attached hydrogens (primary N) is 1. The maximum Gasteiger partial charge on any atom is 0.0317 e. The summed E-state index contributed by atoms with van der Waals surface area (Å²) in [5.41, 5.74) is 8.18. The molecule has 2 saturated carbocycles. The minimum atomic E-state index is 0. The minimum Gasteiger partial charge on any atom is -0.399 e. The largest absolute Gasteiger partial charge is 0.399 e. The van der Waals surface area contributed by atoms with Crippen LogP contribution in [0.3, 0.4) is 0 Å². The first-order chi connectivity index (χ1) is 9.22. The zero-order valence-corrected chi connectivity index (χ0v) is 13.2. The molecule has 0 unspecified atom stereocenters. The SMILES string of the molecule is CC1CCC(N(Cc2cccc(N)c2)C2CC2)CC1.Cl. The van der Waals surface area contributed by atoms with Crippen LogP contribution in [0.4, 0.5) is 5.69 Å². The van der Waals surface area contributed by atoms with Gasteiger partial charge in [0, 0.05) is 24.3 Å². The molecule has 1 aromatic rings. The van der Waals surface area contributed by atoms with Gasteiger partial charge in [0.25, 0.3) is 0 Å². The highest BCUT2D eigenvalue weighted by atomic mass is 35.5. The summed E-state index contributed by atoms with van der Waals surface area (Å²) in [6, 6.07) is 10.1. The fraction of sp³-hybridized carbons (Fsp3) is 0.647. The summed E-state index contributed by atoms with van der Waals surface area (Å²) >= 11 is 0. The van der Waals surface area contributed by atoms with Gasteiger partial charge in [-0.05, 0) is 62.1 Å². The van der Waals surface area contributed by atoms with Crippen molar-refractivity contribution in [2.24, 2.45) is 5.92 Å². The van der Waals surface area contributed by atoms with Gasteiger partial charge in [-0.1, -0.05) is 19.1 Å². The summed E-state index contributed by atoms with van der Waals surface area (Å²) in [6.07, 6.45) is 8.39. The molecule has 2 aliphatic carbocycles. The fourth-order valence-corrected chi connectivity index (χ4v) is 3.44. The zero-order valence-electron chi connectivity index (χ0n) is 12.4. The average molecular weight is 295 g/mol. The maximum absolute atomic E-state index is 5.90. The molecule has 0 spiro atoms. The van der Waals surface area contributed by atoms with Gasteiger partial charge < -0.3 is 5.73 Å². The maximum atomic E-state index is 5.90. The Bertz CT molecular complexity index is 423. The normalized spacial score (nSPS) is 26.3. The molecule has 0 radical (unpaired) electrons. The predicted molar refractivity (Wildman–Crippen MR) is 88.1 cm³/mol. The van der Waals surface area contributed by atoms with Crippen LogP contribution in [0, 0.1) is 5.92 Å². The smallest absolute Gasteiger partial charge is 0.0317 e. The molecule has 20 heavy (non-hydrogen) atoms. The van der Waals surface area contributed by atoms with Crippen LogP contribution in [0.25, 0.3) is 0 Å². The van der Waals surface area contributed by atoms with Crippen LogP contribution in [0.1, 0.15) is 51.0 Å². The monoisotopic (exact) mass is 294 g/mol. The van der Waals surface area contributed by atoms with Crippen molar-refractivity contribution in [3.8, 4) is 0 Å². The van der Waals surface area contributed by atoms with Gasteiger partial charge in [-0.15, -0.1) is 12.4 Å². The van der Waals surface area contributed by atoms with E-state index in [1.54, 1.807) is 0 Å². The minimum absolute atomic E-state index is 0. The predicted octanol–water partition coefficient (Wildman–Crippen LogP) is 4.23. The van der Waals surface area contributed by atoms with E-state index < -0.39 is 0 Å². The van der Waals surface area contributed by atoms with E-state index in [0.29, 0.717) is 0 Å². The van der Waals surface area contributed by atoms with Crippen LogP contribution in [-0.4, -0.2) is 17.0 Å². The van der Waals surface area contributed by atoms with E-state index in [-0.39, 0.29) is 12.4 Å². The highest BCUT2D eigenvalue weighted by Crippen LogP contribution is 2.36. The summed E-state index contributed by atoms with van der Waals surface area (Å²) in [6.45, 7) is 3.49. The third kappa shape index (κ3) is 3.89. The average Bonchev–Trinajstić information content (AvgIpc) is 3.22. The van der Waals surface area contributed by atoms with E-state index in [4.69, 9.17) is 5.73 Å². The van der Waals surface area contributed by atoms with Crippen LogP contribution in [0.5, 0.6) is 0 Å². The Kier molecular flexibility index (Phi) is 5.34. The van der Waals surface area contributed by atoms with Crippen molar-refractivity contribution in [2.75, 3.05) is 5.73 Å². The van der Waals surface area contributed by atoms with Gasteiger partial charge in [0.1, 0.15) is 0 Å². The van der Waals surface area contributed by atoms with Crippen molar-refractivity contribution in [2.45, 2.75) is 64.1 Å². The van der Waals surface area contributed by atoms with Gasteiger partial charge in [-0.25, -0.2) is 0 Å². The lowest BCUT2D eigenvalue weighted by Gasteiger charge is -2.36. The Morgan fingerprint density at radius 3 is 2.20 bits per heavy atom. The van der Waals surface area contributed by atoms with E-state index in [1.807, 2.05) is 6.07 Å². The molecule has 1 aromatic carbocycles. The van der Waals surface area contributed by atoms with Crippen molar-refractivity contribution in [1.82, 2.24) is 4.90 Å². The van der Waals surface area contributed by atoms with Crippen molar-refractivity contribution < 1.29 is 0 Å². The third-order valence-corrected chi connectivity index (χ3v) is 4.79. The van der Waals surface area contributed by atoms with Crippen LogP contribution in [0.2, 0.25) is 0 Å². The van der Waals surface area contributed by atoms with E-state index in [0.717, 1.165) is 30.2 Å². The van der Waals surface area contributed by atoms with Crippen molar-refractivity contribution >= 4 is 18.1 Å². The second-order valence-corrected chi connectivity index (χ2v) is 6.56. The zero-order chi connectivity index (χ0) is 13.2. The molecule has 3 rings (SSSR count). The fourth-order valence-electron chi connectivity index (χ4n) is 3.44. The lowest BCUT2D eigenvalue weighted by molar-refractivity contribution is 0.124. The first-order valence-corrected chi connectivity index (χ1v) is 7.82.